The molecule has 1 aromatic heterocycles. The highest BCUT2D eigenvalue weighted by Gasteiger charge is 2.23. The van der Waals surface area contributed by atoms with Crippen molar-refractivity contribution < 1.29 is 4.42 Å². The lowest BCUT2D eigenvalue weighted by Crippen LogP contribution is -2.10. The van der Waals surface area contributed by atoms with Crippen LogP contribution in [0.4, 0.5) is 17.1 Å². The second-order valence-corrected chi connectivity index (χ2v) is 13.7. The van der Waals surface area contributed by atoms with Crippen LogP contribution in [0.2, 0.25) is 0 Å². The maximum absolute atomic E-state index is 7.12. The highest BCUT2D eigenvalue weighted by Crippen LogP contribution is 2.47. The molecular weight excluding hydrogens is 655 g/mol. The molecule has 2 nitrogen and oxygen atoms in total. The van der Waals surface area contributed by atoms with Crippen LogP contribution in [0.15, 0.2) is 217 Å². The van der Waals surface area contributed by atoms with Gasteiger partial charge < -0.3 is 9.32 Å². The Balaban J connectivity index is 1.25. The zero-order valence-corrected chi connectivity index (χ0v) is 29.6. The van der Waals surface area contributed by atoms with Crippen molar-refractivity contribution in [3.8, 4) is 44.5 Å². The van der Waals surface area contributed by atoms with Gasteiger partial charge in [0, 0.05) is 27.7 Å². The van der Waals surface area contributed by atoms with Crippen LogP contribution in [0.5, 0.6) is 0 Å². The van der Waals surface area contributed by atoms with Crippen LogP contribution in [0.1, 0.15) is 0 Å². The summed E-state index contributed by atoms with van der Waals surface area (Å²) in [7, 11) is 0. The Bertz CT molecular complexity index is 2800. The standard InChI is InChI=1S/C52H35NO/c1-4-14-36(15-5-1)38-26-30-43(31-27-38)53(44-32-28-39(29-33-44)37-16-6-2-7-17-37)50-35-42(46-23-12-21-40-20-10-11-22-45(40)46)34-49-48-25-13-24-47(51(48)54-52(49)50)41-18-8-3-9-19-41/h1-35H. The number of anilines is 3. The topological polar surface area (TPSA) is 16.4 Å². The van der Waals surface area contributed by atoms with E-state index in [4.69, 9.17) is 4.42 Å². The van der Waals surface area contributed by atoms with Gasteiger partial charge in [-0.2, -0.15) is 0 Å². The van der Waals surface area contributed by atoms with Gasteiger partial charge in [0.2, 0.25) is 0 Å². The summed E-state index contributed by atoms with van der Waals surface area (Å²) in [4.78, 5) is 2.35. The van der Waals surface area contributed by atoms with Crippen molar-refractivity contribution in [2.24, 2.45) is 0 Å². The van der Waals surface area contributed by atoms with Gasteiger partial charge in [0.1, 0.15) is 5.58 Å². The highest BCUT2D eigenvalue weighted by molar-refractivity contribution is 6.15. The van der Waals surface area contributed by atoms with Gasteiger partial charge in [-0.3, -0.25) is 0 Å². The quantitative estimate of drug-likeness (QED) is 0.166. The number of hydrogen-bond acceptors (Lipinski definition) is 2. The fraction of sp³-hybridized carbons (Fsp3) is 0. The Morgan fingerprint density at radius 3 is 1.41 bits per heavy atom. The van der Waals surface area contributed by atoms with Crippen molar-refractivity contribution in [3.05, 3.63) is 212 Å². The lowest BCUT2D eigenvalue weighted by molar-refractivity contribution is 0.670. The molecule has 254 valence electrons. The summed E-state index contributed by atoms with van der Waals surface area (Å²) in [5, 5.41) is 4.60. The summed E-state index contributed by atoms with van der Waals surface area (Å²) in [6.07, 6.45) is 0. The van der Waals surface area contributed by atoms with Crippen LogP contribution in [0, 0.1) is 0 Å². The van der Waals surface area contributed by atoms with Crippen LogP contribution < -0.4 is 4.90 Å². The lowest BCUT2D eigenvalue weighted by atomic mass is 9.95. The van der Waals surface area contributed by atoms with Crippen LogP contribution in [-0.4, -0.2) is 0 Å². The molecule has 0 spiro atoms. The zero-order chi connectivity index (χ0) is 35.8. The number of benzene rings is 9. The number of para-hydroxylation sites is 1. The average molecular weight is 690 g/mol. The zero-order valence-electron chi connectivity index (χ0n) is 29.6. The summed E-state index contributed by atoms with van der Waals surface area (Å²) in [6.45, 7) is 0. The highest BCUT2D eigenvalue weighted by atomic mass is 16.3. The first kappa shape index (κ1) is 31.6. The minimum Gasteiger partial charge on any atom is -0.453 e. The molecule has 0 aliphatic heterocycles. The van der Waals surface area contributed by atoms with E-state index in [1.165, 1.54) is 38.6 Å². The van der Waals surface area contributed by atoms with E-state index < -0.39 is 0 Å². The number of nitrogens with zero attached hydrogens (tertiary/aromatic N) is 1. The molecule has 0 fully saturated rings. The van der Waals surface area contributed by atoms with Crippen molar-refractivity contribution in [2.75, 3.05) is 4.90 Å². The fourth-order valence-corrected chi connectivity index (χ4v) is 7.82. The number of furan rings is 1. The van der Waals surface area contributed by atoms with Crippen molar-refractivity contribution in [3.63, 3.8) is 0 Å². The molecule has 0 saturated carbocycles. The second-order valence-electron chi connectivity index (χ2n) is 13.7. The summed E-state index contributed by atoms with van der Waals surface area (Å²) < 4.78 is 7.12. The summed E-state index contributed by atoms with van der Waals surface area (Å²) in [5.74, 6) is 0. The number of hydrogen-bond donors (Lipinski definition) is 0. The second kappa shape index (κ2) is 13.4. The molecule has 0 unspecified atom stereocenters. The maximum Gasteiger partial charge on any atom is 0.159 e. The minimum absolute atomic E-state index is 0.844. The van der Waals surface area contributed by atoms with Crippen LogP contribution in [-0.2, 0) is 0 Å². The molecule has 0 aliphatic rings. The van der Waals surface area contributed by atoms with Crippen molar-refractivity contribution in [1.29, 1.82) is 0 Å². The predicted octanol–water partition coefficient (Wildman–Crippen LogP) is 14.9. The Hall–Kier alpha value is -7.16. The van der Waals surface area contributed by atoms with Gasteiger partial charge in [-0.1, -0.05) is 176 Å². The van der Waals surface area contributed by atoms with E-state index in [2.05, 4.69) is 217 Å². The van der Waals surface area contributed by atoms with Gasteiger partial charge in [0.05, 0.1) is 5.69 Å². The summed E-state index contributed by atoms with van der Waals surface area (Å²) in [6, 6.07) is 75.7. The SMILES string of the molecule is c1ccc(-c2ccc(N(c3ccc(-c4ccccc4)cc3)c3cc(-c4cccc5ccccc45)cc4c3oc3c(-c5ccccc5)cccc34)cc2)cc1. The van der Waals surface area contributed by atoms with E-state index in [-0.39, 0.29) is 0 Å². The molecule has 0 radical (unpaired) electrons. The van der Waals surface area contributed by atoms with Gasteiger partial charge in [-0.15, -0.1) is 0 Å². The average Bonchev–Trinajstić information content (AvgIpc) is 3.64. The molecule has 10 aromatic rings. The Labute approximate surface area is 314 Å². The van der Waals surface area contributed by atoms with E-state index >= 15 is 0 Å². The first-order valence-corrected chi connectivity index (χ1v) is 18.4. The van der Waals surface area contributed by atoms with Crippen molar-refractivity contribution in [1.82, 2.24) is 0 Å². The largest absolute Gasteiger partial charge is 0.453 e. The van der Waals surface area contributed by atoms with Gasteiger partial charge in [-0.05, 0) is 86.1 Å². The van der Waals surface area contributed by atoms with E-state index in [0.717, 1.165) is 55.7 Å². The lowest BCUT2D eigenvalue weighted by Gasteiger charge is -2.27. The molecule has 0 amide bonds. The maximum atomic E-state index is 7.12. The number of rotatable bonds is 7. The Morgan fingerprint density at radius 2 is 0.778 bits per heavy atom. The molecule has 9 aromatic carbocycles. The van der Waals surface area contributed by atoms with Crippen molar-refractivity contribution >= 4 is 49.8 Å². The van der Waals surface area contributed by atoms with E-state index in [0.29, 0.717) is 0 Å². The first-order valence-electron chi connectivity index (χ1n) is 18.4. The van der Waals surface area contributed by atoms with E-state index in [1.807, 2.05) is 0 Å². The van der Waals surface area contributed by atoms with Gasteiger partial charge in [0.15, 0.2) is 5.58 Å². The molecule has 0 saturated heterocycles. The molecule has 54 heavy (non-hydrogen) atoms. The third kappa shape index (κ3) is 5.62. The summed E-state index contributed by atoms with van der Waals surface area (Å²) in [5.41, 5.74) is 14.0. The third-order valence-corrected chi connectivity index (χ3v) is 10.5. The van der Waals surface area contributed by atoms with Gasteiger partial charge in [-0.25, -0.2) is 0 Å². The van der Waals surface area contributed by atoms with Crippen LogP contribution in [0.25, 0.3) is 77.2 Å². The van der Waals surface area contributed by atoms with E-state index in [1.54, 1.807) is 0 Å². The first-order chi connectivity index (χ1) is 26.8. The molecule has 0 atom stereocenters. The van der Waals surface area contributed by atoms with Gasteiger partial charge in [0.25, 0.3) is 0 Å². The summed E-state index contributed by atoms with van der Waals surface area (Å²) >= 11 is 0. The number of fused-ring (bicyclic) bond motifs is 4. The molecule has 0 bridgehead atoms. The minimum atomic E-state index is 0.844. The Morgan fingerprint density at radius 1 is 0.296 bits per heavy atom. The third-order valence-electron chi connectivity index (χ3n) is 10.5. The molecule has 2 heteroatoms. The monoisotopic (exact) mass is 689 g/mol. The molecule has 1 heterocycles. The smallest absolute Gasteiger partial charge is 0.159 e. The molecule has 10 rings (SSSR count). The molecule has 0 aliphatic carbocycles. The van der Waals surface area contributed by atoms with E-state index in [9.17, 15) is 0 Å². The predicted molar refractivity (Wildman–Crippen MR) is 228 cm³/mol. The van der Waals surface area contributed by atoms with Gasteiger partial charge >= 0.3 is 0 Å². The van der Waals surface area contributed by atoms with Crippen LogP contribution >= 0.6 is 0 Å². The Kier molecular flexibility index (Phi) is 7.85. The van der Waals surface area contributed by atoms with Crippen molar-refractivity contribution in [2.45, 2.75) is 0 Å². The molecule has 0 N–H and O–H groups in total. The normalized spacial score (nSPS) is 11.3. The molecular formula is C52H35NO. The fourth-order valence-electron chi connectivity index (χ4n) is 7.82. The van der Waals surface area contributed by atoms with Crippen LogP contribution in [0.3, 0.4) is 0 Å².